The van der Waals surface area contributed by atoms with Crippen LogP contribution in [0.4, 0.5) is 5.82 Å². The van der Waals surface area contributed by atoms with E-state index in [2.05, 4.69) is 27.9 Å². The zero-order valence-electron chi connectivity index (χ0n) is 12.8. The zero-order valence-corrected chi connectivity index (χ0v) is 12.8. The minimum atomic E-state index is 0.655. The second kappa shape index (κ2) is 5.98. The number of hydrogen-bond donors (Lipinski definition) is 0. The van der Waals surface area contributed by atoms with E-state index in [1.807, 2.05) is 43.3 Å². The zero-order chi connectivity index (χ0) is 15.5. The Kier molecular flexibility index (Phi) is 3.88. The lowest BCUT2D eigenvalue weighted by atomic mass is 10.0. The first kappa shape index (κ1) is 14.3. The molecule has 1 aliphatic rings. The topological polar surface area (TPSA) is 52.8 Å². The average molecular weight is 290 g/mol. The molecule has 0 N–H and O–H groups in total. The molecule has 1 aromatic carbocycles. The van der Waals surface area contributed by atoms with Gasteiger partial charge in [-0.05, 0) is 36.6 Å². The van der Waals surface area contributed by atoms with Crippen LogP contribution in [0.3, 0.4) is 0 Å². The molecular formula is C18H18N4. The molecule has 4 heteroatoms. The summed E-state index contributed by atoms with van der Waals surface area (Å²) in [5, 5.41) is 8.93. The summed E-state index contributed by atoms with van der Waals surface area (Å²) in [6.07, 6.45) is 3.84. The maximum Gasteiger partial charge on any atom is 0.154 e. The third-order valence-electron chi connectivity index (χ3n) is 3.69. The molecule has 2 heterocycles. The summed E-state index contributed by atoms with van der Waals surface area (Å²) in [7, 11) is 0. The van der Waals surface area contributed by atoms with E-state index in [0.29, 0.717) is 11.4 Å². The van der Waals surface area contributed by atoms with E-state index >= 15 is 0 Å². The molecule has 2 aromatic rings. The normalized spacial score (nSPS) is 14.9. The van der Waals surface area contributed by atoms with Gasteiger partial charge in [0.15, 0.2) is 5.82 Å². The van der Waals surface area contributed by atoms with Crippen molar-refractivity contribution in [2.75, 3.05) is 18.0 Å². The van der Waals surface area contributed by atoms with Crippen LogP contribution < -0.4 is 4.90 Å². The number of nitrogens with zero attached hydrogens (tertiary/aromatic N) is 4. The molecule has 0 spiro atoms. The highest BCUT2D eigenvalue weighted by Gasteiger charge is 2.23. The Labute approximate surface area is 130 Å². The number of aromatic nitrogens is 2. The van der Waals surface area contributed by atoms with Gasteiger partial charge < -0.3 is 4.90 Å². The van der Waals surface area contributed by atoms with E-state index in [1.54, 1.807) is 6.07 Å². The number of nitriles is 1. The van der Waals surface area contributed by atoms with Crippen molar-refractivity contribution in [2.45, 2.75) is 13.8 Å². The van der Waals surface area contributed by atoms with Gasteiger partial charge in [0, 0.05) is 24.8 Å². The van der Waals surface area contributed by atoms with Crippen molar-refractivity contribution >= 4 is 18.0 Å². The van der Waals surface area contributed by atoms with Gasteiger partial charge in [-0.1, -0.05) is 25.1 Å². The van der Waals surface area contributed by atoms with Crippen LogP contribution in [0, 0.1) is 24.2 Å². The Balaban J connectivity index is 1.82. The predicted octanol–water partition coefficient (Wildman–Crippen LogP) is 3.28. The van der Waals surface area contributed by atoms with Crippen molar-refractivity contribution in [3.8, 4) is 6.07 Å². The highest BCUT2D eigenvalue weighted by Crippen LogP contribution is 2.23. The third-order valence-corrected chi connectivity index (χ3v) is 3.69. The minimum Gasteiger partial charge on any atom is -0.356 e. The van der Waals surface area contributed by atoms with Crippen LogP contribution in [0.2, 0.25) is 0 Å². The van der Waals surface area contributed by atoms with Crippen molar-refractivity contribution in [3.05, 3.63) is 53.0 Å². The lowest BCUT2D eigenvalue weighted by molar-refractivity contribution is 0.443. The first-order valence-corrected chi connectivity index (χ1v) is 7.43. The van der Waals surface area contributed by atoms with Gasteiger partial charge >= 0.3 is 0 Å². The molecule has 0 atom stereocenters. The van der Waals surface area contributed by atoms with Gasteiger partial charge in [0.1, 0.15) is 5.82 Å². The molecule has 22 heavy (non-hydrogen) atoms. The lowest BCUT2D eigenvalue weighted by Crippen LogP contribution is -2.45. The van der Waals surface area contributed by atoms with Crippen molar-refractivity contribution in [1.82, 2.24) is 9.97 Å². The standard InChI is InChI=1S/C18H18N4/c1-13-11-22(12-13)18-8-14(2)20-17(21-18)7-6-15-4-3-5-16(9-15)10-19/h3-9,13H,11-12H2,1-2H3/b7-6+. The van der Waals surface area contributed by atoms with Crippen LogP contribution >= 0.6 is 0 Å². The summed E-state index contributed by atoms with van der Waals surface area (Å²) in [6.45, 7) is 6.35. The van der Waals surface area contributed by atoms with E-state index in [4.69, 9.17) is 5.26 Å². The molecule has 1 aliphatic heterocycles. The molecule has 110 valence electrons. The largest absolute Gasteiger partial charge is 0.356 e. The van der Waals surface area contributed by atoms with Crippen LogP contribution in [-0.4, -0.2) is 23.1 Å². The SMILES string of the molecule is Cc1cc(N2CC(C)C2)nc(/C=C/c2cccc(C#N)c2)n1. The molecule has 0 bridgehead atoms. The quantitative estimate of drug-likeness (QED) is 0.870. The molecule has 4 nitrogen and oxygen atoms in total. The summed E-state index contributed by atoms with van der Waals surface area (Å²) in [5.74, 6) is 2.44. The van der Waals surface area contributed by atoms with Gasteiger partial charge in [-0.15, -0.1) is 0 Å². The Bertz CT molecular complexity index is 752. The maximum absolute atomic E-state index is 8.93. The third kappa shape index (κ3) is 3.15. The lowest BCUT2D eigenvalue weighted by Gasteiger charge is -2.38. The Hall–Kier alpha value is -2.67. The van der Waals surface area contributed by atoms with E-state index in [0.717, 1.165) is 36.1 Å². The fourth-order valence-corrected chi connectivity index (χ4v) is 2.58. The van der Waals surface area contributed by atoms with Gasteiger partial charge in [-0.3, -0.25) is 0 Å². The second-order valence-corrected chi connectivity index (χ2v) is 5.81. The summed E-state index contributed by atoms with van der Waals surface area (Å²) >= 11 is 0. The molecule has 0 unspecified atom stereocenters. The van der Waals surface area contributed by atoms with Crippen molar-refractivity contribution < 1.29 is 0 Å². The molecule has 1 saturated heterocycles. The van der Waals surface area contributed by atoms with Gasteiger partial charge in [0.25, 0.3) is 0 Å². The van der Waals surface area contributed by atoms with Crippen LogP contribution in [0.5, 0.6) is 0 Å². The van der Waals surface area contributed by atoms with Crippen molar-refractivity contribution in [3.63, 3.8) is 0 Å². The second-order valence-electron chi connectivity index (χ2n) is 5.81. The Morgan fingerprint density at radius 2 is 2.05 bits per heavy atom. The average Bonchev–Trinajstić information content (AvgIpc) is 2.49. The Morgan fingerprint density at radius 1 is 1.23 bits per heavy atom. The molecule has 3 rings (SSSR count). The van der Waals surface area contributed by atoms with Crippen molar-refractivity contribution in [2.24, 2.45) is 5.92 Å². The molecule has 1 fully saturated rings. The van der Waals surface area contributed by atoms with E-state index in [1.165, 1.54) is 0 Å². The molecule has 1 aromatic heterocycles. The molecule has 0 saturated carbocycles. The number of benzene rings is 1. The van der Waals surface area contributed by atoms with Crippen LogP contribution in [0.15, 0.2) is 30.3 Å². The predicted molar refractivity (Wildman–Crippen MR) is 88.2 cm³/mol. The summed E-state index contributed by atoms with van der Waals surface area (Å²) in [5.41, 5.74) is 2.60. The molecular weight excluding hydrogens is 272 g/mol. The highest BCUT2D eigenvalue weighted by atomic mass is 15.2. The number of rotatable bonds is 3. The summed E-state index contributed by atoms with van der Waals surface area (Å²) in [4.78, 5) is 11.3. The van der Waals surface area contributed by atoms with E-state index < -0.39 is 0 Å². The first-order valence-electron chi connectivity index (χ1n) is 7.43. The van der Waals surface area contributed by atoms with Gasteiger partial charge in [0.2, 0.25) is 0 Å². The highest BCUT2D eigenvalue weighted by molar-refractivity contribution is 5.68. The summed E-state index contributed by atoms with van der Waals surface area (Å²) in [6, 6.07) is 11.7. The molecule has 0 aliphatic carbocycles. The Morgan fingerprint density at radius 3 is 2.77 bits per heavy atom. The van der Waals surface area contributed by atoms with Crippen LogP contribution in [0.25, 0.3) is 12.2 Å². The summed E-state index contributed by atoms with van der Waals surface area (Å²) < 4.78 is 0. The van der Waals surface area contributed by atoms with Crippen molar-refractivity contribution in [1.29, 1.82) is 5.26 Å². The van der Waals surface area contributed by atoms with E-state index in [9.17, 15) is 0 Å². The first-order chi connectivity index (χ1) is 10.6. The maximum atomic E-state index is 8.93. The minimum absolute atomic E-state index is 0.655. The van der Waals surface area contributed by atoms with E-state index in [-0.39, 0.29) is 0 Å². The smallest absolute Gasteiger partial charge is 0.154 e. The fraction of sp³-hybridized carbons (Fsp3) is 0.278. The van der Waals surface area contributed by atoms with Gasteiger partial charge in [-0.2, -0.15) is 5.26 Å². The number of anilines is 1. The number of aryl methyl sites for hydroxylation is 1. The molecule has 0 radical (unpaired) electrons. The fourth-order valence-electron chi connectivity index (χ4n) is 2.58. The van der Waals surface area contributed by atoms with Crippen LogP contribution in [-0.2, 0) is 0 Å². The van der Waals surface area contributed by atoms with Gasteiger partial charge in [0.05, 0.1) is 11.6 Å². The monoisotopic (exact) mass is 290 g/mol. The number of hydrogen-bond acceptors (Lipinski definition) is 4. The molecule has 0 amide bonds. The van der Waals surface area contributed by atoms with Gasteiger partial charge in [-0.25, -0.2) is 9.97 Å². The van der Waals surface area contributed by atoms with Crippen LogP contribution in [0.1, 0.15) is 29.6 Å².